The zero-order chi connectivity index (χ0) is 8.32. The van der Waals surface area contributed by atoms with Gasteiger partial charge >= 0.3 is 5.97 Å². The van der Waals surface area contributed by atoms with Gasteiger partial charge in [-0.1, -0.05) is 0 Å². The van der Waals surface area contributed by atoms with Gasteiger partial charge < -0.3 is 15.8 Å². The normalized spacial score (nSPS) is 31.5. The van der Waals surface area contributed by atoms with E-state index in [9.17, 15) is 4.79 Å². The van der Waals surface area contributed by atoms with E-state index in [4.69, 9.17) is 5.73 Å². The Balaban J connectivity index is 2.56. The third-order valence-corrected chi connectivity index (χ3v) is 2.01. The van der Waals surface area contributed by atoms with Crippen LogP contribution in [0.1, 0.15) is 12.8 Å². The first-order valence-electron chi connectivity index (χ1n) is 3.77. The van der Waals surface area contributed by atoms with Gasteiger partial charge in [-0.05, 0) is 19.4 Å². The van der Waals surface area contributed by atoms with Gasteiger partial charge in [-0.15, -0.1) is 0 Å². The molecule has 1 rings (SSSR count). The fraction of sp³-hybridized carbons (Fsp3) is 0.857. The Kier molecular flexibility index (Phi) is 2.46. The number of nitrogens with two attached hydrogens (primary N) is 1. The van der Waals surface area contributed by atoms with Crippen LogP contribution in [0.15, 0.2) is 0 Å². The third-order valence-electron chi connectivity index (χ3n) is 2.01. The molecule has 0 aromatic rings. The van der Waals surface area contributed by atoms with Crippen molar-refractivity contribution in [2.24, 2.45) is 5.73 Å². The zero-order valence-electron chi connectivity index (χ0n) is 6.72. The van der Waals surface area contributed by atoms with E-state index in [1.807, 2.05) is 0 Å². The molecule has 4 heteroatoms. The molecule has 1 atom stereocenters. The van der Waals surface area contributed by atoms with Crippen molar-refractivity contribution in [2.75, 3.05) is 20.2 Å². The molecule has 0 radical (unpaired) electrons. The van der Waals surface area contributed by atoms with Crippen molar-refractivity contribution in [1.29, 1.82) is 0 Å². The highest BCUT2D eigenvalue weighted by Gasteiger charge is 2.36. The molecule has 0 aliphatic carbocycles. The number of carbonyl (C=O) groups excluding carboxylic acids is 1. The molecular formula is C7H14N2O2. The summed E-state index contributed by atoms with van der Waals surface area (Å²) in [4.78, 5) is 11.1. The molecule has 1 fully saturated rings. The highest BCUT2D eigenvalue weighted by molar-refractivity contribution is 5.80. The largest absolute Gasteiger partial charge is 0.468 e. The summed E-state index contributed by atoms with van der Waals surface area (Å²) in [7, 11) is 1.37. The first kappa shape index (κ1) is 8.49. The molecular weight excluding hydrogens is 144 g/mol. The van der Waals surface area contributed by atoms with E-state index in [2.05, 4.69) is 10.1 Å². The summed E-state index contributed by atoms with van der Waals surface area (Å²) in [5.41, 5.74) is 4.99. The molecule has 1 saturated heterocycles. The lowest BCUT2D eigenvalue weighted by Gasteiger charge is -2.30. The first-order chi connectivity index (χ1) is 5.19. The van der Waals surface area contributed by atoms with Crippen molar-refractivity contribution >= 4 is 5.97 Å². The number of piperidine rings is 1. The van der Waals surface area contributed by atoms with Gasteiger partial charge in [0.2, 0.25) is 0 Å². The second kappa shape index (κ2) is 3.19. The van der Waals surface area contributed by atoms with Crippen LogP contribution >= 0.6 is 0 Å². The molecule has 11 heavy (non-hydrogen) atoms. The average molecular weight is 158 g/mol. The van der Waals surface area contributed by atoms with Crippen molar-refractivity contribution in [1.82, 2.24) is 5.32 Å². The van der Waals surface area contributed by atoms with Gasteiger partial charge in [-0.3, -0.25) is 4.79 Å². The second-order valence-corrected chi connectivity index (χ2v) is 2.93. The molecule has 1 aliphatic rings. The third kappa shape index (κ3) is 1.70. The van der Waals surface area contributed by atoms with Gasteiger partial charge in [0.15, 0.2) is 0 Å². The molecule has 0 bridgehead atoms. The van der Waals surface area contributed by atoms with Crippen molar-refractivity contribution in [3.63, 3.8) is 0 Å². The van der Waals surface area contributed by atoms with Crippen LogP contribution in [-0.2, 0) is 9.53 Å². The van der Waals surface area contributed by atoms with Gasteiger partial charge in [-0.2, -0.15) is 0 Å². The topological polar surface area (TPSA) is 64.3 Å². The van der Waals surface area contributed by atoms with E-state index in [0.29, 0.717) is 13.0 Å². The number of nitrogens with one attached hydrogen (secondary N) is 1. The van der Waals surface area contributed by atoms with Gasteiger partial charge in [0.1, 0.15) is 5.54 Å². The van der Waals surface area contributed by atoms with Crippen molar-refractivity contribution in [3.8, 4) is 0 Å². The number of methoxy groups -OCH3 is 1. The smallest absolute Gasteiger partial charge is 0.327 e. The number of esters is 1. The predicted molar refractivity (Wildman–Crippen MR) is 41.0 cm³/mol. The van der Waals surface area contributed by atoms with Crippen LogP contribution in [0.5, 0.6) is 0 Å². The summed E-state index contributed by atoms with van der Waals surface area (Å²) in [6, 6.07) is 0. The maximum absolute atomic E-state index is 11.1. The van der Waals surface area contributed by atoms with Crippen LogP contribution < -0.4 is 11.1 Å². The minimum atomic E-state index is -0.785. The van der Waals surface area contributed by atoms with Gasteiger partial charge in [0, 0.05) is 6.54 Å². The molecule has 1 heterocycles. The summed E-state index contributed by atoms with van der Waals surface area (Å²) >= 11 is 0. The fourth-order valence-electron chi connectivity index (χ4n) is 1.31. The van der Waals surface area contributed by atoms with E-state index in [-0.39, 0.29) is 5.97 Å². The van der Waals surface area contributed by atoms with Crippen LogP contribution in [0.2, 0.25) is 0 Å². The van der Waals surface area contributed by atoms with Gasteiger partial charge in [0.25, 0.3) is 0 Å². The minimum Gasteiger partial charge on any atom is -0.468 e. The Morgan fingerprint density at radius 1 is 1.73 bits per heavy atom. The molecule has 64 valence electrons. The second-order valence-electron chi connectivity index (χ2n) is 2.93. The SMILES string of the molecule is COC(=O)C1(N)CCCNC1. The number of rotatable bonds is 1. The molecule has 0 aromatic heterocycles. The number of hydrogen-bond donors (Lipinski definition) is 2. The maximum atomic E-state index is 11.1. The number of hydrogen-bond acceptors (Lipinski definition) is 4. The van der Waals surface area contributed by atoms with Crippen LogP contribution in [-0.4, -0.2) is 31.7 Å². The molecule has 4 nitrogen and oxygen atoms in total. The monoisotopic (exact) mass is 158 g/mol. The van der Waals surface area contributed by atoms with Crippen molar-refractivity contribution in [2.45, 2.75) is 18.4 Å². The lowest BCUT2D eigenvalue weighted by atomic mass is 9.92. The average Bonchev–Trinajstić information content (AvgIpc) is 2.04. The Labute approximate surface area is 66.1 Å². The van der Waals surface area contributed by atoms with E-state index in [1.165, 1.54) is 7.11 Å². The Bertz CT molecular complexity index is 153. The summed E-state index contributed by atoms with van der Waals surface area (Å²) < 4.78 is 4.59. The lowest BCUT2D eigenvalue weighted by molar-refractivity contribution is -0.147. The summed E-state index contributed by atoms with van der Waals surface area (Å²) in [5.74, 6) is -0.315. The van der Waals surface area contributed by atoms with Crippen LogP contribution in [0, 0.1) is 0 Å². The molecule has 1 unspecified atom stereocenters. The summed E-state index contributed by atoms with van der Waals surface area (Å²) in [5, 5.41) is 3.06. The number of ether oxygens (including phenoxy) is 1. The van der Waals surface area contributed by atoms with E-state index in [1.54, 1.807) is 0 Å². The molecule has 0 aromatic carbocycles. The maximum Gasteiger partial charge on any atom is 0.327 e. The molecule has 3 N–H and O–H groups in total. The Hall–Kier alpha value is -0.610. The van der Waals surface area contributed by atoms with E-state index in [0.717, 1.165) is 13.0 Å². The fourth-order valence-corrected chi connectivity index (χ4v) is 1.31. The Morgan fingerprint density at radius 2 is 2.45 bits per heavy atom. The molecule has 1 aliphatic heterocycles. The van der Waals surface area contributed by atoms with Crippen molar-refractivity contribution < 1.29 is 9.53 Å². The lowest BCUT2D eigenvalue weighted by Crippen LogP contribution is -2.58. The standard InChI is InChI=1S/C7H14N2O2/c1-11-6(10)7(8)3-2-4-9-5-7/h9H,2-5,8H2,1H3. The minimum absolute atomic E-state index is 0.315. The predicted octanol–water partition coefficient (Wildman–Crippen LogP) is -0.760. The highest BCUT2D eigenvalue weighted by atomic mass is 16.5. The first-order valence-corrected chi connectivity index (χ1v) is 3.77. The Morgan fingerprint density at radius 3 is 2.91 bits per heavy atom. The summed E-state index contributed by atoms with van der Waals surface area (Å²) in [6.07, 6.45) is 1.65. The molecule has 0 saturated carbocycles. The van der Waals surface area contributed by atoms with Crippen molar-refractivity contribution in [3.05, 3.63) is 0 Å². The quantitative estimate of drug-likeness (QED) is 0.492. The van der Waals surface area contributed by atoms with Crippen LogP contribution in [0.25, 0.3) is 0 Å². The number of carbonyl (C=O) groups is 1. The molecule has 0 amide bonds. The highest BCUT2D eigenvalue weighted by Crippen LogP contribution is 2.13. The molecule has 0 spiro atoms. The zero-order valence-corrected chi connectivity index (χ0v) is 6.72. The van der Waals surface area contributed by atoms with Crippen LogP contribution in [0.4, 0.5) is 0 Å². The van der Waals surface area contributed by atoms with E-state index >= 15 is 0 Å². The van der Waals surface area contributed by atoms with Gasteiger partial charge in [0.05, 0.1) is 7.11 Å². The van der Waals surface area contributed by atoms with E-state index < -0.39 is 5.54 Å². The van der Waals surface area contributed by atoms with Crippen LogP contribution in [0.3, 0.4) is 0 Å². The van der Waals surface area contributed by atoms with Gasteiger partial charge in [-0.25, -0.2) is 0 Å². The summed E-state index contributed by atoms with van der Waals surface area (Å²) in [6.45, 7) is 1.47.